The SMILES string of the molecule is COc1ccccc1NC(=S)NCCN1CCN(C(=S)Nc2ccccc2OC)CC1.[Cl-]. The molecular formula is C22H29ClN5O2S2-. The number of benzene rings is 2. The summed E-state index contributed by atoms with van der Waals surface area (Å²) in [4.78, 5) is 4.60. The molecule has 2 aromatic rings. The highest BCUT2D eigenvalue weighted by Gasteiger charge is 2.19. The lowest BCUT2D eigenvalue weighted by Gasteiger charge is -2.36. The van der Waals surface area contributed by atoms with E-state index >= 15 is 0 Å². The summed E-state index contributed by atoms with van der Waals surface area (Å²) in [5.74, 6) is 1.55. The van der Waals surface area contributed by atoms with Crippen molar-refractivity contribution in [3.63, 3.8) is 0 Å². The van der Waals surface area contributed by atoms with E-state index in [9.17, 15) is 0 Å². The number of anilines is 2. The van der Waals surface area contributed by atoms with Crippen LogP contribution in [-0.2, 0) is 0 Å². The number of ether oxygens (including phenoxy) is 2. The van der Waals surface area contributed by atoms with Crippen LogP contribution in [0, 0.1) is 0 Å². The predicted molar refractivity (Wildman–Crippen MR) is 134 cm³/mol. The van der Waals surface area contributed by atoms with Crippen LogP contribution in [0.25, 0.3) is 0 Å². The normalized spacial score (nSPS) is 13.5. The van der Waals surface area contributed by atoms with Gasteiger partial charge in [0.2, 0.25) is 0 Å². The third-order valence-corrected chi connectivity index (χ3v) is 5.68. The summed E-state index contributed by atoms with van der Waals surface area (Å²) in [6.07, 6.45) is 0. The molecule has 0 saturated carbocycles. The lowest BCUT2D eigenvalue weighted by atomic mass is 10.3. The van der Waals surface area contributed by atoms with Crippen molar-refractivity contribution >= 4 is 46.0 Å². The van der Waals surface area contributed by atoms with Crippen molar-refractivity contribution in [1.82, 2.24) is 15.1 Å². The van der Waals surface area contributed by atoms with Crippen molar-refractivity contribution in [3.05, 3.63) is 48.5 Å². The van der Waals surface area contributed by atoms with Gasteiger partial charge in [0.15, 0.2) is 10.2 Å². The van der Waals surface area contributed by atoms with E-state index in [1.807, 2.05) is 48.5 Å². The minimum Gasteiger partial charge on any atom is -1.00 e. The molecule has 0 bridgehead atoms. The van der Waals surface area contributed by atoms with Crippen molar-refractivity contribution < 1.29 is 21.9 Å². The number of rotatable bonds is 7. The van der Waals surface area contributed by atoms with Gasteiger partial charge >= 0.3 is 0 Å². The molecule has 0 spiro atoms. The molecule has 0 atom stereocenters. The van der Waals surface area contributed by atoms with Gasteiger partial charge in [0, 0.05) is 39.3 Å². The number of hydrogen-bond donors (Lipinski definition) is 3. The average molecular weight is 495 g/mol. The Bertz CT molecular complexity index is 891. The van der Waals surface area contributed by atoms with Crippen LogP contribution in [0.3, 0.4) is 0 Å². The van der Waals surface area contributed by atoms with Gasteiger partial charge in [0.1, 0.15) is 11.5 Å². The van der Waals surface area contributed by atoms with Gasteiger partial charge in [-0.05, 0) is 48.7 Å². The van der Waals surface area contributed by atoms with Gasteiger partial charge in [-0.25, -0.2) is 0 Å². The molecule has 1 aliphatic heterocycles. The van der Waals surface area contributed by atoms with Crippen molar-refractivity contribution in [3.8, 4) is 11.5 Å². The number of nitrogens with one attached hydrogen (secondary N) is 3. The second-order valence-electron chi connectivity index (χ2n) is 7.04. The molecule has 1 saturated heterocycles. The third-order valence-electron chi connectivity index (χ3n) is 5.08. The summed E-state index contributed by atoms with van der Waals surface area (Å²) in [6.45, 7) is 5.33. The first-order valence-electron chi connectivity index (χ1n) is 10.2. The highest BCUT2D eigenvalue weighted by atomic mass is 35.5. The molecule has 3 rings (SSSR count). The third kappa shape index (κ3) is 7.37. The fraction of sp³-hybridized carbons (Fsp3) is 0.364. The van der Waals surface area contributed by atoms with Crippen LogP contribution in [0.1, 0.15) is 0 Å². The number of para-hydroxylation sites is 4. The molecule has 0 aromatic heterocycles. The zero-order chi connectivity index (χ0) is 22.1. The van der Waals surface area contributed by atoms with E-state index < -0.39 is 0 Å². The smallest absolute Gasteiger partial charge is 0.173 e. The molecule has 32 heavy (non-hydrogen) atoms. The molecule has 7 nitrogen and oxygen atoms in total. The molecule has 2 aromatic carbocycles. The number of nitrogens with zero attached hydrogens (tertiary/aromatic N) is 2. The molecule has 0 amide bonds. The van der Waals surface area contributed by atoms with Gasteiger partial charge < -0.3 is 42.7 Å². The van der Waals surface area contributed by atoms with E-state index in [4.69, 9.17) is 33.9 Å². The second-order valence-corrected chi connectivity index (χ2v) is 7.84. The number of methoxy groups -OCH3 is 2. The van der Waals surface area contributed by atoms with E-state index in [-0.39, 0.29) is 12.4 Å². The van der Waals surface area contributed by atoms with Gasteiger partial charge in [-0.3, -0.25) is 4.90 Å². The Hall–Kier alpha value is -2.33. The predicted octanol–water partition coefficient (Wildman–Crippen LogP) is 0.00880. The van der Waals surface area contributed by atoms with Crippen molar-refractivity contribution in [2.24, 2.45) is 0 Å². The Labute approximate surface area is 206 Å². The molecule has 1 aliphatic rings. The van der Waals surface area contributed by atoms with Crippen LogP contribution in [0.15, 0.2) is 48.5 Å². The Morgan fingerprint density at radius 1 is 0.844 bits per heavy atom. The van der Waals surface area contributed by atoms with Crippen LogP contribution < -0.4 is 37.8 Å². The lowest BCUT2D eigenvalue weighted by molar-refractivity contribution is -0.00000665. The maximum absolute atomic E-state index is 5.60. The average Bonchev–Trinajstić information content (AvgIpc) is 2.80. The van der Waals surface area contributed by atoms with Crippen LogP contribution in [0.2, 0.25) is 0 Å². The summed E-state index contributed by atoms with van der Waals surface area (Å²) in [5.41, 5.74) is 1.74. The standard InChI is InChI=1S/C22H29N5O2S2.ClH/c1-28-19-9-5-3-7-17(19)24-21(30)23-11-12-26-13-15-27(16-14-26)22(31)25-18-8-4-6-10-20(18)29-2;/h3-10H,11-16H2,1-2H3,(H,25,31)(H2,23,24,30);1H/p-1. The van der Waals surface area contributed by atoms with E-state index in [2.05, 4.69) is 25.8 Å². The van der Waals surface area contributed by atoms with Crippen molar-refractivity contribution in [1.29, 1.82) is 0 Å². The second kappa shape index (κ2) is 13.3. The summed E-state index contributed by atoms with van der Waals surface area (Å²) in [6, 6.07) is 15.5. The topological polar surface area (TPSA) is 61.0 Å². The lowest BCUT2D eigenvalue weighted by Crippen LogP contribution is -3.00. The van der Waals surface area contributed by atoms with E-state index in [0.29, 0.717) is 5.11 Å². The molecular weight excluding hydrogens is 466 g/mol. The van der Waals surface area contributed by atoms with Crippen LogP contribution in [0.4, 0.5) is 11.4 Å². The number of piperazine rings is 1. The minimum absolute atomic E-state index is 0. The Kier molecular flexibility index (Phi) is 10.8. The number of halogens is 1. The van der Waals surface area contributed by atoms with E-state index in [0.717, 1.165) is 67.3 Å². The summed E-state index contributed by atoms with van der Waals surface area (Å²) < 4.78 is 10.7. The van der Waals surface area contributed by atoms with Crippen molar-refractivity contribution in [2.75, 3.05) is 64.1 Å². The Morgan fingerprint density at radius 2 is 1.38 bits per heavy atom. The fourth-order valence-electron chi connectivity index (χ4n) is 3.36. The molecule has 0 aliphatic carbocycles. The minimum atomic E-state index is 0. The molecule has 174 valence electrons. The van der Waals surface area contributed by atoms with Gasteiger partial charge in [-0.2, -0.15) is 0 Å². The van der Waals surface area contributed by atoms with E-state index in [1.54, 1.807) is 14.2 Å². The first-order valence-corrected chi connectivity index (χ1v) is 11.0. The van der Waals surface area contributed by atoms with Crippen molar-refractivity contribution in [2.45, 2.75) is 0 Å². The first kappa shape index (κ1) is 25.9. The van der Waals surface area contributed by atoms with Crippen LogP contribution in [0.5, 0.6) is 11.5 Å². The highest BCUT2D eigenvalue weighted by molar-refractivity contribution is 7.80. The zero-order valence-corrected chi connectivity index (χ0v) is 20.7. The van der Waals surface area contributed by atoms with Gasteiger partial charge in [-0.1, -0.05) is 24.3 Å². The summed E-state index contributed by atoms with van der Waals surface area (Å²) >= 11 is 11.0. The largest absolute Gasteiger partial charge is 1.00 e. The molecule has 3 N–H and O–H groups in total. The number of thiocarbonyl (C=S) groups is 2. The zero-order valence-electron chi connectivity index (χ0n) is 18.3. The summed E-state index contributed by atoms with van der Waals surface area (Å²) in [7, 11) is 3.31. The molecule has 0 radical (unpaired) electrons. The highest BCUT2D eigenvalue weighted by Crippen LogP contribution is 2.24. The maximum Gasteiger partial charge on any atom is 0.173 e. The monoisotopic (exact) mass is 494 g/mol. The Morgan fingerprint density at radius 3 is 1.94 bits per heavy atom. The van der Waals surface area contributed by atoms with Gasteiger partial charge in [0.05, 0.1) is 25.6 Å². The Balaban J connectivity index is 0.00000363. The van der Waals surface area contributed by atoms with Crippen LogP contribution in [-0.4, -0.2) is 73.5 Å². The number of hydrogen-bond acceptors (Lipinski definition) is 5. The quantitative estimate of drug-likeness (QED) is 0.462. The molecule has 10 heteroatoms. The maximum atomic E-state index is 5.60. The van der Waals surface area contributed by atoms with Gasteiger partial charge in [0.25, 0.3) is 0 Å². The fourth-order valence-corrected chi connectivity index (χ4v) is 3.86. The first-order chi connectivity index (χ1) is 15.1. The van der Waals surface area contributed by atoms with Gasteiger partial charge in [-0.15, -0.1) is 0 Å². The van der Waals surface area contributed by atoms with Crippen LogP contribution >= 0.6 is 24.4 Å². The molecule has 1 fully saturated rings. The molecule has 0 unspecified atom stereocenters. The van der Waals surface area contributed by atoms with E-state index in [1.165, 1.54) is 0 Å². The molecule has 1 heterocycles. The summed E-state index contributed by atoms with van der Waals surface area (Å²) in [5, 5.41) is 11.1.